The number of nitrogens with two attached hydrogens (primary N) is 1. The molecule has 0 spiro atoms. The molecule has 13 heteroatoms. The summed E-state index contributed by atoms with van der Waals surface area (Å²) in [5.41, 5.74) is 10.8. The van der Waals surface area contributed by atoms with E-state index in [1.165, 1.54) is 0 Å². The molecule has 0 saturated carbocycles. The molecule has 4 amide bonds. The number of fused-ring (bicyclic) bond motifs is 2. The molecule has 1 aromatic rings. The minimum atomic E-state index is -4.87. The maximum Gasteiger partial charge on any atom is 0.418 e. The van der Waals surface area contributed by atoms with Crippen molar-refractivity contribution in [3.8, 4) is 0 Å². The topological polar surface area (TPSA) is 171 Å². The summed E-state index contributed by atoms with van der Waals surface area (Å²) in [6, 6.07) is 5.13. The molecular formula is C15H19N5O7S. The van der Waals surface area contributed by atoms with Crippen molar-refractivity contribution in [2.45, 2.75) is 31.0 Å². The second-order valence-corrected chi connectivity index (χ2v) is 7.38. The molecule has 2 heterocycles. The van der Waals surface area contributed by atoms with E-state index in [1.54, 1.807) is 30.3 Å². The summed E-state index contributed by atoms with van der Waals surface area (Å²) in [5.74, 6) is -1.30. The van der Waals surface area contributed by atoms with E-state index in [-0.39, 0.29) is 19.4 Å². The SMILES string of the molecule is NC(C(=O)NNC(=O)[C@@H]1CCC2CN1C(=O)N2OS(=O)(=O)O)c1ccccc1. The zero-order valence-electron chi connectivity index (χ0n) is 14.5. The summed E-state index contributed by atoms with van der Waals surface area (Å²) in [7, 11) is -4.87. The number of rotatable bonds is 5. The van der Waals surface area contributed by atoms with Crippen LogP contribution >= 0.6 is 0 Å². The molecule has 0 aliphatic carbocycles. The Hall–Kier alpha value is -2.74. The van der Waals surface area contributed by atoms with Crippen LogP contribution in [-0.2, 0) is 24.3 Å². The van der Waals surface area contributed by atoms with Crippen LogP contribution in [0.2, 0.25) is 0 Å². The maximum atomic E-state index is 12.4. The van der Waals surface area contributed by atoms with E-state index in [0.717, 1.165) is 4.90 Å². The molecule has 1 aromatic carbocycles. The second-order valence-electron chi connectivity index (χ2n) is 6.38. The lowest BCUT2D eigenvalue weighted by molar-refractivity contribution is -0.132. The fraction of sp³-hybridized carbons (Fsp3) is 0.400. The number of amides is 4. The van der Waals surface area contributed by atoms with Gasteiger partial charge >= 0.3 is 16.4 Å². The molecule has 3 atom stereocenters. The molecule has 2 unspecified atom stereocenters. The summed E-state index contributed by atoms with van der Waals surface area (Å²) < 4.78 is 34.8. The van der Waals surface area contributed by atoms with Crippen LogP contribution in [0.25, 0.3) is 0 Å². The number of benzene rings is 1. The van der Waals surface area contributed by atoms with Gasteiger partial charge in [-0.25, -0.2) is 4.79 Å². The Morgan fingerprint density at radius 3 is 2.54 bits per heavy atom. The summed E-state index contributed by atoms with van der Waals surface area (Å²) >= 11 is 0. The number of hydroxylamine groups is 2. The van der Waals surface area contributed by atoms with E-state index in [2.05, 4.69) is 15.1 Å². The fourth-order valence-corrected chi connectivity index (χ4v) is 3.59. The van der Waals surface area contributed by atoms with Crippen LogP contribution in [0.4, 0.5) is 4.79 Å². The molecule has 2 saturated heterocycles. The first-order valence-corrected chi connectivity index (χ1v) is 9.71. The molecule has 28 heavy (non-hydrogen) atoms. The lowest BCUT2D eigenvalue weighted by Gasteiger charge is -2.29. The number of carbonyl (C=O) groups is 3. The zero-order valence-corrected chi connectivity index (χ0v) is 15.3. The van der Waals surface area contributed by atoms with Crippen LogP contribution in [0.15, 0.2) is 30.3 Å². The smallest absolute Gasteiger partial charge is 0.316 e. The number of nitrogens with zero attached hydrogens (tertiary/aromatic N) is 2. The largest absolute Gasteiger partial charge is 0.418 e. The van der Waals surface area contributed by atoms with Gasteiger partial charge in [0.2, 0.25) is 0 Å². The maximum absolute atomic E-state index is 12.4. The molecule has 2 aliphatic rings. The number of urea groups is 1. The van der Waals surface area contributed by atoms with Crippen LogP contribution in [-0.4, -0.2) is 59.4 Å². The highest BCUT2D eigenvalue weighted by atomic mass is 32.3. The summed E-state index contributed by atoms with van der Waals surface area (Å²) in [6.45, 7) is 0.0456. The average molecular weight is 413 g/mol. The Labute approximate surface area is 160 Å². The van der Waals surface area contributed by atoms with Crippen molar-refractivity contribution in [1.82, 2.24) is 20.8 Å². The zero-order chi connectivity index (χ0) is 20.5. The standard InChI is InChI=1S/C15H19N5O7S/c16-12(9-4-2-1-3-5-9)14(22)18-17-13(21)11-7-6-10-8-19(11)15(23)20(10)27-28(24,25)26/h1-5,10-12H,6-8,16H2,(H,17,21)(H,18,22)(H,24,25,26)/t10?,11-,12?/m0/s1. The van der Waals surface area contributed by atoms with Gasteiger partial charge in [-0.05, 0) is 18.4 Å². The third kappa shape index (κ3) is 4.22. The van der Waals surface area contributed by atoms with Gasteiger partial charge in [0, 0.05) is 6.54 Å². The van der Waals surface area contributed by atoms with Gasteiger partial charge < -0.3 is 10.6 Å². The Morgan fingerprint density at radius 2 is 1.89 bits per heavy atom. The van der Waals surface area contributed by atoms with Crippen molar-refractivity contribution in [3.63, 3.8) is 0 Å². The number of hydrazine groups is 1. The highest BCUT2D eigenvalue weighted by Gasteiger charge is 2.49. The predicted octanol–water partition coefficient (Wildman–Crippen LogP) is -1.16. The molecule has 2 fully saturated rings. The lowest BCUT2D eigenvalue weighted by atomic mass is 10.0. The number of nitrogens with one attached hydrogen (secondary N) is 2. The van der Waals surface area contributed by atoms with Gasteiger partial charge in [-0.2, -0.15) is 13.5 Å². The number of carbonyl (C=O) groups excluding carboxylic acids is 3. The third-order valence-corrected chi connectivity index (χ3v) is 4.90. The van der Waals surface area contributed by atoms with Crippen LogP contribution < -0.4 is 16.6 Å². The minimum absolute atomic E-state index is 0.0456. The van der Waals surface area contributed by atoms with E-state index < -0.39 is 46.4 Å². The Kier molecular flexibility index (Phi) is 5.51. The molecule has 0 aromatic heterocycles. The van der Waals surface area contributed by atoms with Crippen molar-refractivity contribution in [2.24, 2.45) is 5.73 Å². The Bertz CT molecular complexity index is 878. The van der Waals surface area contributed by atoms with Gasteiger partial charge in [-0.1, -0.05) is 30.3 Å². The van der Waals surface area contributed by atoms with Crippen molar-refractivity contribution >= 4 is 28.2 Å². The van der Waals surface area contributed by atoms with Crippen LogP contribution in [0.3, 0.4) is 0 Å². The molecule has 2 bridgehead atoms. The van der Waals surface area contributed by atoms with Crippen LogP contribution in [0.1, 0.15) is 24.4 Å². The molecule has 0 radical (unpaired) electrons. The summed E-state index contributed by atoms with van der Waals surface area (Å²) in [6.07, 6.45) is 0.488. The first kappa shape index (κ1) is 20.0. The number of hydrogen-bond donors (Lipinski definition) is 4. The van der Waals surface area contributed by atoms with E-state index in [9.17, 15) is 22.8 Å². The molecule has 152 valence electrons. The van der Waals surface area contributed by atoms with E-state index in [4.69, 9.17) is 10.3 Å². The first-order chi connectivity index (χ1) is 13.2. The van der Waals surface area contributed by atoms with E-state index in [0.29, 0.717) is 10.6 Å². The number of piperidine rings is 1. The fourth-order valence-electron chi connectivity index (χ4n) is 3.20. The van der Waals surface area contributed by atoms with Crippen molar-refractivity contribution in [2.75, 3.05) is 6.54 Å². The molecular weight excluding hydrogens is 394 g/mol. The van der Waals surface area contributed by atoms with Gasteiger partial charge in [0.05, 0.1) is 6.04 Å². The quantitative estimate of drug-likeness (QED) is 0.346. The second kappa shape index (κ2) is 7.71. The van der Waals surface area contributed by atoms with E-state index in [1.807, 2.05) is 0 Å². The Balaban J connectivity index is 1.58. The van der Waals surface area contributed by atoms with Crippen LogP contribution in [0, 0.1) is 0 Å². The minimum Gasteiger partial charge on any atom is -0.316 e. The van der Waals surface area contributed by atoms with Gasteiger partial charge in [0.15, 0.2) is 0 Å². The van der Waals surface area contributed by atoms with Crippen molar-refractivity contribution in [1.29, 1.82) is 0 Å². The van der Waals surface area contributed by atoms with Crippen LogP contribution in [0.5, 0.6) is 0 Å². The summed E-state index contributed by atoms with van der Waals surface area (Å²) in [5, 5.41) is 0.534. The van der Waals surface area contributed by atoms with Gasteiger partial charge in [-0.3, -0.25) is 25.0 Å². The van der Waals surface area contributed by atoms with Gasteiger partial charge in [0.1, 0.15) is 12.1 Å². The van der Waals surface area contributed by atoms with Gasteiger partial charge in [-0.15, -0.1) is 4.28 Å². The normalized spacial score (nSPS) is 22.7. The van der Waals surface area contributed by atoms with Crippen molar-refractivity contribution in [3.05, 3.63) is 35.9 Å². The molecule has 2 aliphatic heterocycles. The third-order valence-electron chi connectivity index (χ3n) is 4.55. The average Bonchev–Trinajstić information content (AvgIpc) is 2.89. The first-order valence-electron chi connectivity index (χ1n) is 8.34. The lowest BCUT2D eigenvalue weighted by Crippen LogP contribution is -2.55. The van der Waals surface area contributed by atoms with E-state index >= 15 is 0 Å². The van der Waals surface area contributed by atoms with Gasteiger partial charge in [0.25, 0.3) is 11.8 Å². The molecule has 5 N–H and O–H groups in total. The Morgan fingerprint density at radius 1 is 1.21 bits per heavy atom. The predicted molar refractivity (Wildman–Crippen MR) is 93.0 cm³/mol. The summed E-state index contributed by atoms with van der Waals surface area (Å²) in [4.78, 5) is 37.9. The number of hydrogen-bond acceptors (Lipinski definition) is 7. The molecule has 12 nitrogen and oxygen atoms in total. The molecule has 3 rings (SSSR count). The highest BCUT2D eigenvalue weighted by Crippen LogP contribution is 2.30. The van der Waals surface area contributed by atoms with Crippen molar-refractivity contribution < 1.29 is 31.6 Å². The highest BCUT2D eigenvalue weighted by molar-refractivity contribution is 7.80. The monoisotopic (exact) mass is 413 g/mol.